The van der Waals surface area contributed by atoms with Gasteiger partial charge in [-0.1, -0.05) is 27.7 Å². The standard InChI is InChI=1S/C13H25NO2/c1-8(2)12(13(15)16)14-11-6-5-9(3)10(4)7-11/h8-12,14H,5-7H2,1-4H3,(H,15,16). The van der Waals surface area contributed by atoms with Crippen molar-refractivity contribution >= 4 is 5.97 Å². The van der Waals surface area contributed by atoms with Gasteiger partial charge >= 0.3 is 5.97 Å². The minimum atomic E-state index is -0.721. The van der Waals surface area contributed by atoms with E-state index in [0.29, 0.717) is 12.0 Å². The predicted molar refractivity (Wildman–Crippen MR) is 65.4 cm³/mol. The molecule has 0 aromatic carbocycles. The molecule has 16 heavy (non-hydrogen) atoms. The van der Waals surface area contributed by atoms with Crippen LogP contribution in [0.1, 0.15) is 47.0 Å². The molecule has 0 radical (unpaired) electrons. The first kappa shape index (κ1) is 13.5. The maximum Gasteiger partial charge on any atom is 0.320 e. The summed E-state index contributed by atoms with van der Waals surface area (Å²) in [4.78, 5) is 11.1. The molecule has 3 nitrogen and oxygen atoms in total. The lowest BCUT2D eigenvalue weighted by molar-refractivity contribution is -0.141. The average molecular weight is 227 g/mol. The summed E-state index contributed by atoms with van der Waals surface area (Å²) in [6.45, 7) is 8.48. The van der Waals surface area contributed by atoms with Gasteiger partial charge in [-0.15, -0.1) is 0 Å². The number of nitrogens with one attached hydrogen (secondary N) is 1. The van der Waals surface area contributed by atoms with Gasteiger partial charge in [0.15, 0.2) is 0 Å². The molecular weight excluding hydrogens is 202 g/mol. The molecule has 0 amide bonds. The molecule has 0 aliphatic heterocycles. The van der Waals surface area contributed by atoms with Gasteiger partial charge in [-0.05, 0) is 37.0 Å². The Morgan fingerprint density at radius 1 is 1.25 bits per heavy atom. The zero-order chi connectivity index (χ0) is 12.3. The van der Waals surface area contributed by atoms with Crippen molar-refractivity contribution in [2.45, 2.75) is 59.0 Å². The first-order valence-corrected chi connectivity index (χ1v) is 6.40. The summed E-state index contributed by atoms with van der Waals surface area (Å²) < 4.78 is 0. The fourth-order valence-corrected chi connectivity index (χ4v) is 2.50. The molecule has 0 aromatic heterocycles. The Hall–Kier alpha value is -0.570. The van der Waals surface area contributed by atoms with Crippen molar-refractivity contribution in [3.05, 3.63) is 0 Å². The SMILES string of the molecule is CC(C)C(NC1CCC(C)C(C)C1)C(=O)O. The zero-order valence-corrected chi connectivity index (χ0v) is 10.9. The molecule has 4 unspecified atom stereocenters. The van der Waals surface area contributed by atoms with E-state index in [1.165, 1.54) is 6.42 Å². The van der Waals surface area contributed by atoms with E-state index < -0.39 is 12.0 Å². The molecule has 0 heterocycles. The lowest BCUT2D eigenvalue weighted by Crippen LogP contribution is -2.48. The minimum Gasteiger partial charge on any atom is -0.480 e. The van der Waals surface area contributed by atoms with E-state index in [1.807, 2.05) is 13.8 Å². The van der Waals surface area contributed by atoms with Crippen LogP contribution in [0.25, 0.3) is 0 Å². The smallest absolute Gasteiger partial charge is 0.320 e. The fraction of sp³-hybridized carbons (Fsp3) is 0.923. The highest BCUT2D eigenvalue weighted by molar-refractivity contribution is 5.73. The number of carboxylic acid groups (broad SMARTS) is 1. The van der Waals surface area contributed by atoms with Crippen LogP contribution in [0.4, 0.5) is 0 Å². The van der Waals surface area contributed by atoms with E-state index in [-0.39, 0.29) is 5.92 Å². The van der Waals surface area contributed by atoms with Crippen LogP contribution >= 0.6 is 0 Å². The monoisotopic (exact) mass is 227 g/mol. The highest BCUT2D eigenvalue weighted by Crippen LogP contribution is 2.29. The Balaban J connectivity index is 2.50. The van der Waals surface area contributed by atoms with Crippen LogP contribution in [0.2, 0.25) is 0 Å². The summed E-state index contributed by atoms with van der Waals surface area (Å²) in [5.41, 5.74) is 0. The Morgan fingerprint density at radius 2 is 1.88 bits per heavy atom. The van der Waals surface area contributed by atoms with Gasteiger partial charge in [-0.25, -0.2) is 0 Å². The highest BCUT2D eigenvalue weighted by atomic mass is 16.4. The summed E-state index contributed by atoms with van der Waals surface area (Å²) >= 11 is 0. The first-order chi connectivity index (χ1) is 7.41. The van der Waals surface area contributed by atoms with E-state index in [1.54, 1.807) is 0 Å². The second-order valence-electron chi connectivity index (χ2n) is 5.69. The van der Waals surface area contributed by atoms with E-state index in [2.05, 4.69) is 19.2 Å². The van der Waals surface area contributed by atoms with Gasteiger partial charge in [0.1, 0.15) is 6.04 Å². The lowest BCUT2D eigenvalue weighted by atomic mass is 9.78. The fourth-order valence-electron chi connectivity index (χ4n) is 2.50. The van der Waals surface area contributed by atoms with Crippen LogP contribution in [0.3, 0.4) is 0 Å². The number of carbonyl (C=O) groups is 1. The van der Waals surface area contributed by atoms with E-state index in [4.69, 9.17) is 5.11 Å². The normalized spacial score (nSPS) is 32.7. The van der Waals surface area contributed by atoms with Crippen LogP contribution in [0, 0.1) is 17.8 Å². The van der Waals surface area contributed by atoms with Crippen molar-refractivity contribution in [3.8, 4) is 0 Å². The van der Waals surface area contributed by atoms with Crippen molar-refractivity contribution in [2.24, 2.45) is 17.8 Å². The number of hydrogen-bond donors (Lipinski definition) is 2. The first-order valence-electron chi connectivity index (χ1n) is 6.40. The third-order valence-corrected chi connectivity index (χ3v) is 3.95. The average Bonchev–Trinajstić information content (AvgIpc) is 2.18. The molecule has 3 heteroatoms. The molecule has 1 aliphatic rings. The van der Waals surface area contributed by atoms with Gasteiger partial charge in [-0.3, -0.25) is 4.79 Å². The summed E-state index contributed by atoms with van der Waals surface area (Å²) in [5, 5.41) is 12.4. The molecule has 0 spiro atoms. The van der Waals surface area contributed by atoms with Crippen molar-refractivity contribution in [1.29, 1.82) is 0 Å². The number of aliphatic carboxylic acids is 1. The van der Waals surface area contributed by atoms with Crippen molar-refractivity contribution in [1.82, 2.24) is 5.32 Å². The molecule has 1 saturated carbocycles. The Labute approximate surface area is 98.6 Å². The van der Waals surface area contributed by atoms with Gasteiger partial charge in [0.05, 0.1) is 0 Å². The molecule has 4 atom stereocenters. The maximum atomic E-state index is 11.1. The molecule has 0 aromatic rings. The highest BCUT2D eigenvalue weighted by Gasteiger charge is 2.29. The van der Waals surface area contributed by atoms with Crippen molar-refractivity contribution in [3.63, 3.8) is 0 Å². The van der Waals surface area contributed by atoms with Crippen LogP contribution < -0.4 is 5.32 Å². The van der Waals surface area contributed by atoms with Gasteiger partial charge in [0.2, 0.25) is 0 Å². The third-order valence-electron chi connectivity index (χ3n) is 3.95. The largest absolute Gasteiger partial charge is 0.480 e. The van der Waals surface area contributed by atoms with Gasteiger partial charge in [-0.2, -0.15) is 0 Å². The summed E-state index contributed by atoms with van der Waals surface area (Å²) in [7, 11) is 0. The van der Waals surface area contributed by atoms with Gasteiger partial charge in [0, 0.05) is 6.04 Å². The Bertz CT molecular complexity index is 240. The minimum absolute atomic E-state index is 0.146. The van der Waals surface area contributed by atoms with E-state index >= 15 is 0 Å². The summed E-state index contributed by atoms with van der Waals surface area (Å²) in [6, 6.07) is -0.0136. The topological polar surface area (TPSA) is 49.3 Å². The van der Waals surface area contributed by atoms with Gasteiger partial charge in [0.25, 0.3) is 0 Å². The van der Waals surface area contributed by atoms with Crippen molar-refractivity contribution < 1.29 is 9.90 Å². The molecule has 0 saturated heterocycles. The Kier molecular flexibility index (Phi) is 4.78. The van der Waals surface area contributed by atoms with Crippen LogP contribution in [-0.2, 0) is 4.79 Å². The zero-order valence-electron chi connectivity index (χ0n) is 10.9. The predicted octanol–water partition coefficient (Wildman–Crippen LogP) is 2.51. The number of carboxylic acids is 1. The lowest BCUT2D eigenvalue weighted by Gasteiger charge is -2.35. The van der Waals surface area contributed by atoms with Crippen molar-refractivity contribution in [2.75, 3.05) is 0 Å². The van der Waals surface area contributed by atoms with Crippen LogP contribution in [0.5, 0.6) is 0 Å². The summed E-state index contributed by atoms with van der Waals surface area (Å²) in [6.07, 6.45) is 3.43. The molecule has 94 valence electrons. The third kappa shape index (κ3) is 3.48. The number of rotatable bonds is 4. The van der Waals surface area contributed by atoms with E-state index in [0.717, 1.165) is 18.8 Å². The maximum absolute atomic E-state index is 11.1. The summed E-state index contributed by atoms with van der Waals surface area (Å²) in [5.74, 6) is 0.904. The quantitative estimate of drug-likeness (QED) is 0.776. The molecular formula is C13H25NO2. The molecule has 1 fully saturated rings. The second kappa shape index (κ2) is 5.67. The number of hydrogen-bond acceptors (Lipinski definition) is 2. The molecule has 1 aliphatic carbocycles. The van der Waals surface area contributed by atoms with E-state index in [9.17, 15) is 4.79 Å². The van der Waals surface area contributed by atoms with Crippen LogP contribution in [-0.4, -0.2) is 23.2 Å². The molecule has 0 bridgehead atoms. The molecule has 1 rings (SSSR count). The van der Waals surface area contributed by atoms with Crippen LogP contribution in [0.15, 0.2) is 0 Å². The Morgan fingerprint density at radius 3 is 2.31 bits per heavy atom. The molecule has 2 N–H and O–H groups in total. The van der Waals surface area contributed by atoms with Gasteiger partial charge < -0.3 is 10.4 Å². The second-order valence-corrected chi connectivity index (χ2v) is 5.69.